The zero-order valence-corrected chi connectivity index (χ0v) is 21.7. The molecule has 1 fully saturated rings. The number of benzene rings is 3. The number of nitrogens with zero attached hydrogens (tertiary/aromatic N) is 1. The van der Waals surface area contributed by atoms with E-state index in [1.165, 1.54) is 11.8 Å². The number of hydrogen-bond donors (Lipinski definition) is 0. The molecule has 0 atom stereocenters. The number of amides is 1. The van der Waals surface area contributed by atoms with Gasteiger partial charge in [-0.05, 0) is 66.4 Å². The van der Waals surface area contributed by atoms with Gasteiger partial charge in [0, 0.05) is 20.0 Å². The van der Waals surface area contributed by atoms with Crippen molar-refractivity contribution in [2.24, 2.45) is 0 Å². The van der Waals surface area contributed by atoms with Gasteiger partial charge in [0.25, 0.3) is 5.91 Å². The fourth-order valence-corrected chi connectivity index (χ4v) is 5.33. The van der Waals surface area contributed by atoms with Gasteiger partial charge in [0.15, 0.2) is 4.32 Å². The molecule has 1 aliphatic heterocycles. The first-order valence-electron chi connectivity index (χ1n) is 9.53. The smallest absolute Gasteiger partial charge is 0.270 e. The second kappa shape index (κ2) is 10.4. The van der Waals surface area contributed by atoms with Gasteiger partial charge in [-0.1, -0.05) is 69.7 Å². The van der Waals surface area contributed by atoms with Gasteiger partial charge in [-0.15, -0.1) is 11.8 Å². The fourth-order valence-electron chi connectivity index (χ4n) is 3.09. The van der Waals surface area contributed by atoms with Crippen LogP contribution >= 0.6 is 63.3 Å². The predicted octanol–water partition coefficient (Wildman–Crippen LogP) is 7.81. The molecule has 32 heavy (non-hydrogen) atoms. The van der Waals surface area contributed by atoms with Crippen molar-refractivity contribution in [3.05, 3.63) is 92.3 Å². The van der Waals surface area contributed by atoms with Gasteiger partial charge < -0.3 is 4.74 Å². The van der Waals surface area contributed by atoms with Crippen molar-refractivity contribution in [3.63, 3.8) is 0 Å². The molecule has 1 heterocycles. The summed E-state index contributed by atoms with van der Waals surface area (Å²) in [6.07, 6.45) is 3.84. The molecule has 0 aliphatic carbocycles. The molecule has 1 amide bonds. The second-order valence-corrected chi connectivity index (χ2v) is 10.7. The molecule has 1 aliphatic rings. The highest BCUT2D eigenvalue weighted by Gasteiger charge is 2.33. The summed E-state index contributed by atoms with van der Waals surface area (Å²) in [4.78, 5) is 16.4. The lowest BCUT2D eigenvalue weighted by atomic mass is 10.1. The first-order valence-corrected chi connectivity index (χ1v) is 13.2. The quantitative estimate of drug-likeness (QED) is 0.174. The predicted molar refractivity (Wildman–Crippen MR) is 144 cm³/mol. The Labute approximate surface area is 214 Å². The van der Waals surface area contributed by atoms with Crippen LogP contribution in [0.2, 0.25) is 5.02 Å². The molecule has 0 spiro atoms. The van der Waals surface area contributed by atoms with Gasteiger partial charge in [-0.25, -0.2) is 0 Å². The highest BCUT2D eigenvalue weighted by molar-refractivity contribution is 9.10. The first-order chi connectivity index (χ1) is 15.4. The van der Waals surface area contributed by atoms with Gasteiger partial charge in [0.05, 0.1) is 10.6 Å². The number of hydrogen-bond acceptors (Lipinski definition) is 5. The Morgan fingerprint density at radius 3 is 2.69 bits per heavy atom. The third kappa shape index (κ3) is 5.41. The molecule has 3 aromatic rings. The number of carbonyl (C=O) groups is 1. The van der Waals surface area contributed by atoms with E-state index in [9.17, 15) is 4.79 Å². The molecule has 1 saturated heterocycles. The molecule has 3 nitrogen and oxygen atoms in total. The Kier molecular flexibility index (Phi) is 7.63. The summed E-state index contributed by atoms with van der Waals surface area (Å²) < 4.78 is 7.46. The van der Waals surface area contributed by atoms with Gasteiger partial charge in [0.1, 0.15) is 12.4 Å². The van der Waals surface area contributed by atoms with E-state index in [2.05, 4.69) is 15.9 Å². The standard InChI is InChI=1S/C24H17BrClNO2S3/c1-31-20-4-2-3-19(13-20)27-23(28)22(32-24(27)30)12-16-11-17(25)7-10-21(16)29-14-15-5-8-18(26)9-6-15/h2-13H,14H2,1H3/b22-12+. The number of rotatable bonds is 6. The van der Waals surface area contributed by atoms with Crippen molar-refractivity contribution in [2.45, 2.75) is 11.5 Å². The van der Waals surface area contributed by atoms with Crippen molar-refractivity contribution in [3.8, 4) is 5.75 Å². The molecule has 0 unspecified atom stereocenters. The van der Waals surface area contributed by atoms with Crippen LogP contribution in [-0.2, 0) is 11.4 Å². The number of thioether (sulfide) groups is 2. The van der Waals surface area contributed by atoms with Crippen molar-refractivity contribution in [2.75, 3.05) is 11.2 Å². The summed E-state index contributed by atoms with van der Waals surface area (Å²) in [5.74, 6) is 0.541. The lowest BCUT2D eigenvalue weighted by molar-refractivity contribution is -0.113. The molecule has 0 N–H and O–H groups in total. The van der Waals surface area contributed by atoms with Crippen LogP contribution in [-0.4, -0.2) is 16.5 Å². The number of halogens is 2. The number of ether oxygens (including phenoxy) is 1. The van der Waals surface area contributed by atoms with Gasteiger partial charge in [0.2, 0.25) is 0 Å². The minimum atomic E-state index is -0.137. The Morgan fingerprint density at radius 1 is 1.16 bits per heavy atom. The number of carbonyl (C=O) groups excluding carboxylic acids is 1. The summed E-state index contributed by atoms with van der Waals surface area (Å²) in [5.41, 5.74) is 2.58. The number of thiocarbonyl (C=S) groups is 1. The summed E-state index contributed by atoms with van der Waals surface area (Å²) in [5, 5.41) is 0.683. The average Bonchev–Trinajstić information content (AvgIpc) is 3.07. The zero-order valence-electron chi connectivity index (χ0n) is 16.9. The molecule has 3 aromatic carbocycles. The Morgan fingerprint density at radius 2 is 1.94 bits per heavy atom. The van der Waals surface area contributed by atoms with Crippen LogP contribution in [0.1, 0.15) is 11.1 Å². The third-order valence-electron chi connectivity index (χ3n) is 4.67. The van der Waals surface area contributed by atoms with Gasteiger partial charge >= 0.3 is 0 Å². The maximum absolute atomic E-state index is 13.2. The van der Waals surface area contributed by atoms with E-state index < -0.39 is 0 Å². The lowest BCUT2D eigenvalue weighted by Gasteiger charge is -2.15. The zero-order chi connectivity index (χ0) is 22.7. The summed E-state index contributed by atoms with van der Waals surface area (Å²) >= 11 is 17.9. The third-order valence-corrected chi connectivity index (χ3v) is 7.44. The molecular weight excluding hydrogens is 546 g/mol. The van der Waals surface area contributed by atoms with Crippen LogP contribution in [0.3, 0.4) is 0 Å². The molecule has 0 bridgehead atoms. The van der Waals surface area contributed by atoms with Crippen LogP contribution < -0.4 is 9.64 Å². The molecular formula is C24H17BrClNO2S3. The van der Waals surface area contributed by atoms with Crippen molar-refractivity contribution >= 4 is 85.3 Å². The topological polar surface area (TPSA) is 29.5 Å². The van der Waals surface area contributed by atoms with E-state index in [0.717, 1.165) is 26.2 Å². The van der Waals surface area contributed by atoms with Crippen molar-refractivity contribution in [1.29, 1.82) is 0 Å². The van der Waals surface area contributed by atoms with Crippen LogP contribution in [0, 0.1) is 0 Å². The molecule has 162 valence electrons. The van der Waals surface area contributed by atoms with Crippen LogP contribution in [0.15, 0.2) is 81.0 Å². The maximum atomic E-state index is 13.2. The van der Waals surface area contributed by atoms with Crippen molar-refractivity contribution < 1.29 is 9.53 Å². The van der Waals surface area contributed by atoms with Crippen molar-refractivity contribution in [1.82, 2.24) is 0 Å². The Bertz CT molecular complexity index is 1210. The molecule has 0 radical (unpaired) electrons. The minimum absolute atomic E-state index is 0.137. The van der Waals surface area contributed by atoms with E-state index in [1.54, 1.807) is 16.7 Å². The summed E-state index contributed by atoms with van der Waals surface area (Å²) in [6.45, 7) is 0.391. The largest absolute Gasteiger partial charge is 0.488 e. The SMILES string of the molecule is CSc1cccc(N2C(=O)/C(=C\c3cc(Br)ccc3OCc3ccc(Cl)cc3)SC2=S)c1. The van der Waals surface area contributed by atoms with E-state index in [4.69, 9.17) is 28.6 Å². The van der Waals surface area contributed by atoms with E-state index >= 15 is 0 Å². The highest BCUT2D eigenvalue weighted by atomic mass is 79.9. The monoisotopic (exact) mass is 561 g/mol. The lowest BCUT2D eigenvalue weighted by Crippen LogP contribution is -2.27. The van der Waals surface area contributed by atoms with E-state index in [-0.39, 0.29) is 5.91 Å². The van der Waals surface area contributed by atoms with Crippen LogP contribution in [0.4, 0.5) is 5.69 Å². The molecule has 0 saturated carbocycles. The molecule has 4 rings (SSSR count). The second-order valence-electron chi connectivity index (χ2n) is 6.82. The molecule has 8 heteroatoms. The fraction of sp³-hybridized carbons (Fsp3) is 0.0833. The van der Waals surface area contributed by atoms with Gasteiger partial charge in [-0.3, -0.25) is 9.69 Å². The van der Waals surface area contributed by atoms with Gasteiger partial charge in [-0.2, -0.15) is 0 Å². The van der Waals surface area contributed by atoms with Crippen LogP contribution in [0.25, 0.3) is 6.08 Å². The highest BCUT2D eigenvalue weighted by Crippen LogP contribution is 2.38. The number of anilines is 1. The minimum Gasteiger partial charge on any atom is -0.488 e. The Balaban J connectivity index is 1.60. The van der Waals surface area contributed by atoms with E-state index in [1.807, 2.05) is 79.1 Å². The normalized spacial score (nSPS) is 15.0. The first kappa shape index (κ1) is 23.4. The molecule has 0 aromatic heterocycles. The summed E-state index contributed by atoms with van der Waals surface area (Å²) in [7, 11) is 0. The van der Waals surface area contributed by atoms with Crippen LogP contribution in [0.5, 0.6) is 5.75 Å². The van der Waals surface area contributed by atoms with E-state index in [0.29, 0.717) is 26.6 Å². The summed E-state index contributed by atoms with van der Waals surface area (Å²) in [6, 6.07) is 21.0. The Hall–Kier alpha value is -1.77. The maximum Gasteiger partial charge on any atom is 0.270 e. The average molecular weight is 563 g/mol.